The maximum Gasteiger partial charge on any atom is 0.200 e. The molecule has 0 amide bonds. The molecule has 1 nitrogen and oxygen atoms in total. The third-order valence-corrected chi connectivity index (χ3v) is 2.78. The fraction of sp³-hybridized carbons (Fsp3) is 0.0769. The average molecular weight is 291 g/mol. The van der Waals surface area contributed by atoms with Crippen molar-refractivity contribution in [3.63, 3.8) is 0 Å². The van der Waals surface area contributed by atoms with Crippen LogP contribution in [0.3, 0.4) is 0 Å². The van der Waals surface area contributed by atoms with Crippen LogP contribution in [0.4, 0.5) is 26.3 Å². The molecule has 0 aliphatic carbocycles. The summed E-state index contributed by atoms with van der Waals surface area (Å²) in [7, 11) is 0. The molecule has 2 aromatic carbocycles. The highest BCUT2D eigenvalue weighted by molar-refractivity contribution is 5.67. The van der Waals surface area contributed by atoms with Crippen molar-refractivity contribution in [3.05, 3.63) is 58.7 Å². The minimum atomic E-state index is -2.29. The maximum atomic E-state index is 13.9. The molecule has 2 rings (SSSR count). The molecule has 0 aliphatic rings. The van der Waals surface area contributed by atoms with Crippen LogP contribution in [0.25, 0.3) is 11.1 Å². The lowest BCUT2D eigenvalue weighted by atomic mass is 10.00. The molecule has 0 atom stereocenters. The fourth-order valence-corrected chi connectivity index (χ4v) is 1.77. The Hall–Kier alpha value is -2.02. The Morgan fingerprint density at radius 3 is 1.70 bits per heavy atom. The molecule has 0 aromatic heterocycles. The zero-order chi connectivity index (χ0) is 15.0. The Kier molecular flexibility index (Phi) is 3.71. The molecule has 0 heterocycles. The first kappa shape index (κ1) is 14.4. The van der Waals surface area contributed by atoms with Crippen molar-refractivity contribution in [1.29, 1.82) is 0 Å². The molecule has 20 heavy (non-hydrogen) atoms. The van der Waals surface area contributed by atoms with Crippen molar-refractivity contribution < 1.29 is 26.3 Å². The number of halogens is 6. The van der Waals surface area contributed by atoms with Gasteiger partial charge >= 0.3 is 0 Å². The standard InChI is InChI=1S/C13H7F6N/c14-8-5(4-20)2-1-3-6(8)7-9(15)11(17)13(19)12(18)10(7)16/h1-3H,4,20H2. The van der Waals surface area contributed by atoms with Gasteiger partial charge in [0.25, 0.3) is 0 Å². The highest BCUT2D eigenvalue weighted by atomic mass is 19.2. The van der Waals surface area contributed by atoms with E-state index in [-0.39, 0.29) is 12.1 Å². The van der Waals surface area contributed by atoms with E-state index in [1.807, 2.05) is 0 Å². The van der Waals surface area contributed by atoms with E-state index >= 15 is 0 Å². The minimum Gasteiger partial charge on any atom is -0.326 e. The first-order chi connectivity index (χ1) is 9.40. The van der Waals surface area contributed by atoms with Gasteiger partial charge in [0, 0.05) is 17.7 Å². The monoisotopic (exact) mass is 291 g/mol. The Labute approximate surface area is 109 Å². The van der Waals surface area contributed by atoms with Gasteiger partial charge in [-0.25, -0.2) is 26.3 Å². The van der Waals surface area contributed by atoms with Crippen molar-refractivity contribution in [2.24, 2.45) is 5.73 Å². The molecule has 0 aliphatic heterocycles. The van der Waals surface area contributed by atoms with E-state index in [4.69, 9.17) is 5.73 Å². The quantitative estimate of drug-likeness (QED) is 0.510. The molecule has 0 unspecified atom stereocenters. The normalized spacial score (nSPS) is 10.9. The zero-order valence-corrected chi connectivity index (χ0v) is 9.78. The second-order valence-electron chi connectivity index (χ2n) is 3.93. The second kappa shape index (κ2) is 5.16. The van der Waals surface area contributed by atoms with Crippen LogP contribution in [0, 0.1) is 34.9 Å². The van der Waals surface area contributed by atoms with E-state index in [0.29, 0.717) is 0 Å². The van der Waals surface area contributed by atoms with Gasteiger partial charge in [0.15, 0.2) is 23.3 Å². The molecule has 0 bridgehead atoms. The third kappa shape index (κ3) is 2.03. The molecule has 2 N–H and O–H groups in total. The summed E-state index contributed by atoms with van der Waals surface area (Å²) in [5.74, 6) is -11.9. The van der Waals surface area contributed by atoms with Gasteiger partial charge in [-0.05, 0) is 0 Å². The molecule has 2 aromatic rings. The molecule has 0 saturated carbocycles. The molecule has 0 radical (unpaired) electrons. The van der Waals surface area contributed by atoms with Gasteiger partial charge in [-0.3, -0.25) is 0 Å². The lowest BCUT2D eigenvalue weighted by molar-refractivity contribution is 0.381. The van der Waals surface area contributed by atoms with Crippen molar-refractivity contribution in [2.45, 2.75) is 6.54 Å². The van der Waals surface area contributed by atoms with E-state index in [9.17, 15) is 26.3 Å². The Balaban J connectivity index is 2.84. The Bertz CT molecular complexity index is 654. The van der Waals surface area contributed by atoms with Crippen LogP contribution >= 0.6 is 0 Å². The second-order valence-corrected chi connectivity index (χ2v) is 3.93. The minimum absolute atomic E-state index is 0.105. The summed E-state index contributed by atoms with van der Waals surface area (Å²) in [6, 6.07) is 3.36. The molecule has 0 spiro atoms. The fourth-order valence-electron chi connectivity index (χ4n) is 1.77. The van der Waals surface area contributed by atoms with E-state index in [1.165, 1.54) is 12.1 Å². The average Bonchev–Trinajstić information content (AvgIpc) is 2.45. The van der Waals surface area contributed by atoms with E-state index in [1.54, 1.807) is 0 Å². The van der Waals surface area contributed by atoms with Gasteiger partial charge in [-0.15, -0.1) is 0 Å². The molecule has 7 heteroatoms. The van der Waals surface area contributed by atoms with Crippen LogP contribution in [0.5, 0.6) is 0 Å². The Morgan fingerprint density at radius 1 is 0.700 bits per heavy atom. The first-order valence-electron chi connectivity index (χ1n) is 5.39. The molecule has 0 saturated heterocycles. The lowest BCUT2D eigenvalue weighted by Gasteiger charge is -2.11. The largest absolute Gasteiger partial charge is 0.326 e. The van der Waals surface area contributed by atoms with Gasteiger partial charge in [0.2, 0.25) is 5.82 Å². The topological polar surface area (TPSA) is 26.0 Å². The van der Waals surface area contributed by atoms with Crippen LogP contribution in [-0.4, -0.2) is 0 Å². The van der Waals surface area contributed by atoms with Crippen molar-refractivity contribution in [3.8, 4) is 11.1 Å². The number of nitrogens with two attached hydrogens (primary N) is 1. The van der Waals surface area contributed by atoms with E-state index < -0.39 is 46.0 Å². The molecular formula is C13H7F6N. The van der Waals surface area contributed by atoms with Crippen LogP contribution in [0.1, 0.15) is 5.56 Å². The van der Waals surface area contributed by atoms with E-state index in [0.717, 1.165) is 6.07 Å². The van der Waals surface area contributed by atoms with Crippen molar-refractivity contribution in [2.75, 3.05) is 0 Å². The predicted octanol–water partition coefficient (Wildman–Crippen LogP) is 3.65. The van der Waals surface area contributed by atoms with Gasteiger partial charge in [0.1, 0.15) is 5.82 Å². The highest BCUT2D eigenvalue weighted by Crippen LogP contribution is 2.33. The molecular weight excluding hydrogens is 284 g/mol. The predicted molar refractivity (Wildman–Crippen MR) is 59.5 cm³/mol. The first-order valence-corrected chi connectivity index (χ1v) is 5.39. The van der Waals surface area contributed by atoms with Gasteiger partial charge in [-0.1, -0.05) is 18.2 Å². The zero-order valence-electron chi connectivity index (χ0n) is 9.78. The van der Waals surface area contributed by atoms with Crippen LogP contribution in [0.2, 0.25) is 0 Å². The number of hydrogen-bond acceptors (Lipinski definition) is 1. The smallest absolute Gasteiger partial charge is 0.200 e. The van der Waals surface area contributed by atoms with Crippen LogP contribution in [-0.2, 0) is 6.54 Å². The summed E-state index contributed by atoms with van der Waals surface area (Å²) >= 11 is 0. The summed E-state index contributed by atoms with van der Waals surface area (Å²) < 4.78 is 80.2. The maximum absolute atomic E-state index is 13.9. The summed E-state index contributed by atoms with van der Waals surface area (Å²) in [6.07, 6.45) is 0. The lowest BCUT2D eigenvalue weighted by Crippen LogP contribution is -2.07. The van der Waals surface area contributed by atoms with Crippen LogP contribution < -0.4 is 5.73 Å². The number of hydrogen-bond donors (Lipinski definition) is 1. The SMILES string of the molecule is NCc1cccc(-c2c(F)c(F)c(F)c(F)c2F)c1F. The third-order valence-electron chi connectivity index (χ3n) is 2.78. The summed E-state index contributed by atoms with van der Waals surface area (Å²) in [5.41, 5.74) is 3.07. The summed E-state index contributed by atoms with van der Waals surface area (Å²) in [4.78, 5) is 0. The van der Waals surface area contributed by atoms with Gasteiger partial charge in [0.05, 0.1) is 5.56 Å². The summed E-state index contributed by atoms with van der Waals surface area (Å²) in [5, 5.41) is 0. The van der Waals surface area contributed by atoms with Gasteiger partial charge in [-0.2, -0.15) is 0 Å². The van der Waals surface area contributed by atoms with Crippen molar-refractivity contribution in [1.82, 2.24) is 0 Å². The van der Waals surface area contributed by atoms with Crippen LogP contribution in [0.15, 0.2) is 18.2 Å². The van der Waals surface area contributed by atoms with Gasteiger partial charge < -0.3 is 5.73 Å². The number of rotatable bonds is 2. The van der Waals surface area contributed by atoms with Crippen molar-refractivity contribution >= 4 is 0 Å². The van der Waals surface area contributed by atoms with E-state index in [2.05, 4.69) is 0 Å². The molecule has 0 fully saturated rings. The molecule has 106 valence electrons. The highest BCUT2D eigenvalue weighted by Gasteiger charge is 2.28. The summed E-state index contributed by atoms with van der Waals surface area (Å²) in [6.45, 7) is -0.283. The Morgan fingerprint density at radius 2 is 1.20 bits per heavy atom. The number of benzene rings is 2.